The van der Waals surface area contributed by atoms with E-state index in [0.717, 1.165) is 5.56 Å². The molecule has 1 nitrogen and oxygen atoms in total. The van der Waals surface area contributed by atoms with Gasteiger partial charge >= 0.3 is 0 Å². The van der Waals surface area contributed by atoms with Crippen molar-refractivity contribution in [3.05, 3.63) is 39.9 Å². The molecule has 1 rings (SSSR count). The van der Waals surface area contributed by atoms with Crippen LogP contribution in [0.1, 0.15) is 26.3 Å². The molecule has 0 aromatic heterocycles. The van der Waals surface area contributed by atoms with Gasteiger partial charge in [-0.15, -0.1) is 0 Å². The number of rotatable bonds is 2. The Morgan fingerprint density at radius 1 is 1.19 bits per heavy atom. The van der Waals surface area contributed by atoms with Gasteiger partial charge in [-0.3, -0.25) is 4.79 Å². The average molecular weight is 257 g/mol. The second-order valence-corrected chi connectivity index (χ2v) is 5.44. The molecule has 3 heteroatoms. The molecule has 1 aromatic carbocycles. The van der Waals surface area contributed by atoms with E-state index in [9.17, 15) is 4.79 Å². The lowest BCUT2D eigenvalue weighted by molar-refractivity contribution is -0.121. The molecule has 0 bridgehead atoms. The molecule has 0 aliphatic rings. The van der Waals surface area contributed by atoms with Crippen molar-refractivity contribution in [1.82, 2.24) is 0 Å². The van der Waals surface area contributed by atoms with Crippen LogP contribution in [-0.2, 0) is 4.79 Å². The molecule has 0 aliphatic carbocycles. The standard InChI is InChI=1S/C13H14Cl2O/c1-13(2,3)12(16)7-5-9-4-6-10(14)11(15)8-9/h4-8H,1-3H3/b7-5-. The fraction of sp³-hybridized carbons (Fsp3) is 0.308. The zero-order chi connectivity index (χ0) is 12.3. The smallest absolute Gasteiger partial charge is 0.161 e. The van der Waals surface area contributed by atoms with Crippen molar-refractivity contribution >= 4 is 35.1 Å². The molecule has 0 saturated heterocycles. The van der Waals surface area contributed by atoms with E-state index in [1.54, 1.807) is 24.3 Å². The Labute approximate surface area is 106 Å². The monoisotopic (exact) mass is 256 g/mol. The third kappa shape index (κ3) is 3.66. The molecule has 0 amide bonds. The molecule has 0 heterocycles. The van der Waals surface area contributed by atoms with E-state index in [1.165, 1.54) is 0 Å². The summed E-state index contributed by atoms with van der Waals surface area (Å²) in [4.78, 5) is 11.6. The highest BCUT2D eigenvalue weighted by molar-refractivity contribution is 6.42. The molecule has 0 saturated carbocycles. The molecule has 0 spiro atoms. The molecular formula is C13H14Cl2O. The van der Waals surface area contributed by atoms with Crippen LogP contribution < -0.4 is 0 Å². The van der Waals surface area contributed by atoms with Crippen LogP contribution in [0.4, 0.5) is 0 Å². The number of benzene rings is 1. The van der Waals surface area contributed by atoms with Gasteiger partial charge in [-0.25, -0.2) is 0 Å². The van der Waals surface area contributed by atoms with Gasteiger partial charge in [-0.1, -0.05) is 56.1 Å². The van der Waals surface area contributed by atoms with E-state index in [-0.39, 0.29) is 11.2 Å². The van der Waals surface area contributed by atoms with Crippen molar-refractivity contribution in [3.8, 4) is 0 Å². The number of ketones is 1. The highest BCUT2D eigenvalue weighted by Gasteiger charge is 2.17. The maximum absolute atomic E-state index is 11.6. The first-order chi connectivity index (χ1) is 7.30. The van der Waals surface area contributed by atoms with Crippen LogP contribution in [0, 0.1) is 5.41 Å². The van der Waals surface area contributed by atoms with Crippen molar-refractivity contribution in [2.75, 3.05) is 0 Å². The van der Waals surface area contributed by atoms with Gasteiger partial charge in [0.2, 0.25) is 0 Å². The van der Waals surface area contributed by atoms with Crippen LogP contribution in [0.3, 0.4) is 0 Å². The topological polar surface area (TPSA) is 17.1 Å². The number of hydrogen-bond acceptors (Lipinski definition) is 1. The summed E-state index contributed by atoms with van der Waals surface area (Å²) < 4.78 is 0. The summed E-state index contributed by atoms with van der Waals surface area (Å²) in [7, 11) is 0. The molecule has 0 radical (unpaired) electrons. The lowest BCUT2D eigenvalue weighted by atomic mass is 9.90. The van der Waals surface area contributed by atoms with E-state index < -0.39 is 0 Å². The van der Waals surface area contributed by atoms with Crippen LogP contribution in [0.2, 0.25) is 10.0 Å². The second kappa shape index (κ2) is 5.03. The van der Waals surface area contributed by atoms with Crippen molar-refractivity contribution < 1.29 is 4.79 Å². The summed E-state index contributed by atoms with van der Waals surface area (Å²) >= 11 is 11.7. The molecule has 86 valence electrons. The van der Waals surface area contributed by atoms with Gasteiger partial charge in [-0.2, -0.15) is 0 Å². The summed E-state index contributed by atoms with van der Waals surface area (Å²) in [5, 5.41) is 1.01. The van der Waals surface area contributed by atoms with Gasteiger partial charge in [0.15, 0.2) is 5.78 Å². The van der Waals surface area contributed by atoms with Crippen LogP contribution in [0.5, 0.6) is 0 Å². The first-order valence-corrected chi connectivity index (χ1v) is 5.74. The van der Waals surface area contributed by atoms with E-state index >= 15 is 0 Å². The van der Waals surface area contributed by atoms with Crippen molar-refractivity contribution in [3.63, 3.8) is 0 Å². The molecule has 16 heavy (non-hydrogen) atoms. The molecular weight excluding hydrogens is 243 g/mol. The average Bonchev–Trinajstić information content (AvgIpc) is 2.18. The van der Waals surface area contributed by atoms with Gasteiger partial charge in [0.25, 0.3) is 0 Å². The molecule has 0 aliphatic heterocycles. The van der Waals surface area contributed by atoms with Crippen LogP contribution in [0.25, 0.3) is 6.08 Å². The lowest BCUT2D eigenvalue weighted by Gasteiger charge is -2.12. The zero-order valence-electron chi connectivity index (χ0n) is 9.55. The molecule has 0 unspecified atom stereocenters. The lowest BCUT2D eigenvalue weighted by Crippen LogP contribution is -2.17. The Morgan fingerprint density at radius 3 is 2.31 bits per heavy atom. The fourth-order valence-corrected chi connectivity index (χ4v) is 1.34. The van der Waals surface area contributed by atoms with Crippen molar-refractivity contribution in [2.45, 2.75) is 20.8 Å². The number of halogens is 2. The number of hydrogen-bond donors (Lipinski definition) is 0. The quantitative estimate of drug-likeness (QED) is 0.706. The summed E-state index contributed by atoms with van der Waals surface area (Å²) in [6, 6.07) is 5.27. The van der Waals surface area contributed by atoms with Crippen LogP contribution in [-0.4, -0.2) is 5.78 Å². The largest absolute Gasteiger partial charge is 0.294 e. The summed E-state index contributed by atoms with van der Waals surface area (Å²) in [6.07, 6.45) is 3.31. The molecule has 0 N–H and O–H groups in total. The Kier molecular flexibility index (Phi) is 4.17. The maximum atomic E-state index is 11.6. The van der Waals surface area contributed by atoms with Gasteiger partial charge < -0.3 is 0 Å². The highest BCUT2D eigenvalue weighted by Crippen LogP contribution is 2.23. The van der Waals surface area contributed by atoms with Crippen LogP contribution in [0.15, 0.2) is 24.3 Å². The Hall–Kier alpha value is -0.790. The van der Waals surface area contributed by atoms with Crippen molar-refractivity contribution in [2.24, 2.45) is 5.41 Å². The molecule has 0 fully saturated rings. The van der Waals surface area contributed by atoms with Gasteiger partial charge in [0, 0.05) is 5.41 Å². The first kappa shape index (κ1) is 13.3. The summed E-state index contributed by atoms with van der Waals surface area (Å²) in [5.41, 5.74) is 0.513. The third-order valence-electron chi connectivity index (χ3n) is 2.11. The molecule has 1 aromatic rings. The first-order valence-electron chi connectivity index (χ1n) is 4.98. The minimum Gasteiger partial charge on any atom is -0.294 e. The van der Waals surface area contributed by atoms with E-state index in [1.807, 2.05) is 26.8 Å². The Balaban J connectivity index is 2.85. The van der Waals surface area contributed by atoms with Gasteiger partial charge in [0.05, 0.1) is 10.0 Å². The normalized spacial score (nSPS) is 12.1. The Bertz CT molecular complexity index is 428. The number of carbonyl (C=O) groups excluding carboxylic acids is 1. The maximum Gasteiger partial charge on any atom is 0.161 e. The number of carbonyl (C=O) groups is 1. The van der Waals surface area contributed by atoms with Gasteiger partial charge in [0.1, 0.15) is 0 Å². The van der Waals surface area contributed by atoms with E-state index in [2.05, 4.69) is 0 Å². The minimum atomic E-state index is -0.354. The Morgan fingerprint density at radius 2 is 1.81 bits per heavy atom. The fourth-order valence-electron chi connectivity index (χ4n) is 1.04. The predicted molar refractivity (Wildman–Crippen MR) is 70.0 cm³/mol. The van der Waals surface area contributed by atoms with E-state index in [4.69, 9.17) is 23.2 Å². The zero-order valence-corrected chi connectivity index (χ0v) is 11.1. The van der Waals surface area contributed by atoms with E-state index in [0.29, 0.717) is 10.0 Å². The minimum absolute atomic E-state index is 0.0820. The predicted octanol–water partition coefficient (Wildman–Crippen LogP) is 4.62. The second-order valence-electron chi connectivity index (χ2n) is 4.62. The third-order valence-corrected chi connectivity index (χ3v) is 2.85. The SMILES string of the molecule is CC(C)(C)C(=O)/C=C\c1ccc(Cl)c(Cl)c1. The number of allylic oxidation sites excluding steroid dienone is 1. The summed E-state index contributed by atoms with van der Waals surface area (Å²) in [5.74, 6) is 0.0820. The van der Waals surface area contributed by atoms with Crippen molar-refractivity contribution in [1.29, 1.82) is 0 Å². The highest BCUT2D eigenvalue weighted by atomic mass is 35.5. The van der Waals surface area contributed by atoms with Crippen LogP contribution >= 0.6 is 23.2 Å². The molecule has 0 atom stereocenters. The van der Waals surface area contributed by atoms with Gasteiger partial charge in [-0.05, 0) is 23.8 Å². The summed E-state index contributed by atoms with van der Waals surface area (Å²) in [6.45, 7) is 5.65.